The third-order valence-electron chi connectivity index (χ3n) is 2.63. The van der Waals surface area contributed by atoms with Crippen LogP contribution in [0.4, 0.5) is 4.39 Å². The highest BCUT2D eigenvalue weighted by Crippen LogP contribution is 2.30. The summed E-state index contributed by atoms with van der Waals surface area (Å²) in [6.45, 7) is 2.02. The van der Waals surface area contributed by atoms with E-state index in [0.29, 0.717) is 5.56 Å². The molecule has 0 heterocycles. The van der Waals surface area contributed by atoms with E-state index in [0.717, 1.165) is 12.0 Å². The molecule has 0 amide bonds. The van der Waals surface area contributed by atoms with Crippen LogP contribution in [0.5, 0.6) is 0 Å². The quantitative estimate of drug-likeness (QED) is 0.653. The Morgan fingerprint density at radius 2 is 2.21 bits per heavy atom. The van der Waals surface area contributed by atoms with Gasteiger partial charge in [-0.15, -0.1) is 0 Å². The van der Waals surface area contributed by atoms with Crippen molar-refractivity contribution in [1.82, 2.24) is 0 Å². The number of rotatable bonds is 0. The molecule has 0 saturated carbocycles. The standard InChI is InChI=1S/C11H10BrFO/c1-6-4-7-2-3-8(13)5-9(7)11(14)10(6)12/h2-3,5-6,10H,4H2,1H3. The van der Waals surface area contributed by atoms with Crippen LogP contribution in [-0.4, -0.2) is 10.6 Å². The van der Waals surface area contributed by atoms with Crippen LogP contribution in [-0.2, 0) is 6.42 Å². The van der Waals surface area contributed by atoms with Gasteiger partial charge in [-0.3, -0.25) is 4.79 Å². The highest BCUT2D eigenvalue weighted by Gasteiger charge is 2.30. The molecule has 2 atom stereocenters. The molecule has 0 spiro atoms. The van der Waals surface area contributed by atoms with E-state index in [1.807, 2.05) is 6.92 Å². The summed E-state index contributed by atoms with van der Waals surface area (Å²) in [5.41, 5.74) is 1.49. The molecule has 0 N–H and O–H groups in total. The van der Waals surface area contributed by atoms with Gasteiger partial charge in [0.05, 0.1) is 4.83 Å². The van der Waals surface area contributed by atoms with Gasteiger partial charge in [0.15, 0.2) is 5.78 Å². The molecule has 0 fully saturated rings. The number of carbonyl (C=O) groups is 1. The molecule has 14 heavy (non-hydrogen) atoms. The largest absolute Gasteiger partial charge is 0.293 e. The van der Waals surface area contributed by atoms with Crippen molar-refractivity contribution in [3.05, 3.63) is 35.1 Å². The lowest BCUT2D eigenvalue weighted by Gasteiger charge is -2.25. The molecule has 2 unspecified atom stereocenters. The normalized spacial score (nSPS) is 26.1. The Kier molecular flexibility index (Phi) is 2.43. The molecule has 1 aromatic carbocycles. The Morgan fingerprint density at radius 1 is 1.50 bits per heavy atom. The van der Waals surface area contributed by atoms with Gasteiger partial charge in [0, 0.05) is 5.56 Å². The number of Topliss-reactive ketones (excluding diaryl/α,β-unsaturated/α-hetero) is 1. The van der Waals surface area contributed by atoms with Gasteiger partial charge in [-0.05, 0) is 30.0 Å². The second-order valence-electron chi connectivity index (χ2n) is 3.75. The molecule has 0 radical (unpaired) electrons. The van der Waals surface area contributed by atoms with Crippen molar-refractivity contribution in [3.63, 3.8) is 0 Å². The lowest BCUT2D eigenvalue weighted by Crippen LogP contribution is -2.30. The van der Waals surface area contributed by atoms with Crippen molar-refractivity contribution in [2.24, 2.45) is 5.92 Å². The van der Waals surface area contributed by atoms with Crippen LogP contribution < -0.4 is 0 Å². The van der Waals surface area contributed by atoms with Gasteiger partial charge in [0.1, 0.15) is 5.82 Å². The first-order valence-electron chi connectivity index (χ1n) is 4.56. The maximum Gasteiger partial charge on any atom is 0.177 e. The van der Waals surface area contributed by atoms with E-state index in [2.05, 4.69) is 15.9 Å². The third kappa shape index (κ3) is 1.50. The predicted molar refractivity (Wildman–Crippen MR) is 56.3 cm³/mol. The lowest BCUT2D eigenvalue weighted by atomic mass is 9.84. The molecule has 0 aromatic heterocycles. The number of benzene rings is 1. The molecular formula is C11H10BrFO. The van der Waals surface area contributed by atoms with Gasteiger partial charge in [-0.25, -0.2) is 4.39 Å². The number of ketones is 1. The van der Waals surface area contributed by atoms with Crippen LogP contribution in [0.25, 0.3) is 0 Å². The minimum atomic E-state index is -0.341. The maximum absolute atomic E-state index is 12.9. The Bertz CT molecular complexity index is 389. The lowest BCUT2D eigenvalue weighted by molar-refractivity contribution is 0.0964. The van der Waals surface area contributed by atoms with Crippen molar-refractivity contribution in [2.75, 3.05) is 0 Å². The van der Waals surface area contributed by atoms with Crippen molar-refractivity contribution in [2.45, 2.75) is 18.2 Å². The summed E-state index contributed by atoms with van der Waals surface area (Å²) in [5, 5.41) is 0. The van der Waals surface area contributed by atoms with Gasteiger partial charge in [0.25, 0.3) is 0 Å². The Labute approximate surface area is 90.4 Å². The van der Waals surface area contributed by atoms with Gasteiger partial charge >= 0.3 is 0 Å². The molecule has 1 aliphatic rings. The van der Waals surface area contributed by atoms with Crippen LogP contribution in [0.2, 0.25) is 0 Å². The van der Waals surface area contributed by atoms with Crippen LogP contribution in [0.3, 0.4) is 0 Å². The fourth-order valence-corrected chi connectivity index (χ4v) is 2.25. The highest BCUT2D eigenvalue weighted by molar-refractivity contribution is 9.10. The summed E-state index contributed by atoms with van der Waals surface area (Å²) in [6, 6.07) is 4.45. The van der Waals surface area contributed by atoms with E-state index < -0.39 is 0 Å². The molecule has 74 valence electrons. The molecule has 0 saturated heterocycles. The van der Waals surface area contributed by atoms with Crippen LogP contribution >= 0.6 is 15.9 Å². The fourth-order valence-electron chi connectivity index (χ4n) is 1.81. The summed E-state index contributed by atoms with van der Waals surface area (Å²) in [4.78, 5) is 11.6. The second-order valence-corrected chi connectivity index (χ2v) is 4.74. The number of hydrogen-bond acceptors (Lipinski definition) is 1. The third-order valence-corrected chi connectivity index (χ3v) is 3.95. The smallest absolute Gasteiger partial charge is 0.177 e. The number of hydrogen-bond donors (Lipinski definition) is 0. The zero-order valence-corrected chi connectivity index (χ0v) is 9.34. The molecule has 3 heteroatoms. The first-order valence-corrected chi connectivity index (χ1v) is 5.48. The summed E-state index contributed by atoms with van der Waals surface area (Å²) in [7, 11) is 0. The zero-order chi connectivity index (χ0) is 10.3. The first kappa shape index (κ1) is 9.84. The van der Waals surface area contributed by atoms with Crippen LogP contribution in [0.1, 0.15) is 22.8 Å². The number of halogens is 2. The minimum Gasteiger partial charge on any atom is -0.293 e. The van der Waals surface area contributed by atoms with Gasteiger partial charge in [-0.1, -0.05) is 28.9 Å². The minimum absolute atomic E-state index is 0.00162. The van der Waals surface area contributed by atoms with E-state index in [9.17, 15) is 9.18 Å². The van der Waals surface area contributed by atoms with Gasteiger partial charge < -0.3 is 0 Å². The Morgan fingerprint density at radius 3 is 2.93 bits per heavy atom. The van der Waals surface area contributed by atoms with Crippen molar-refractivity contribution in [3.8, 4) is 0 Å². The molecule has 1 nitrogen and oxygen atoms in total. The zero-order valence-electron chi connectivity index (χ0n) is 7.76. The maximum atomic E-state index is 12.9. The van der Waals surface area contributed by atoms with Crippen LogP contribution in [0.15, 0.2) is 18.2 Å². The summed E-state index contributed by atoms with van der Waals surface area (Å²) < 4.78 is 12.9. The summed E-state index contributed by atoms with van der Waals surface area (Å²) >= 11 is 3.34. The average molecular weight is 257 g/mol. The van der Waals surface area contributed by atoms with Gasteiger partial charge in [-0.2, -0.15) is 0 Å². The molecule has 1 aromatic rings. The van der Waals surface area contributed by atoms with Crippen LogP contribution in [0, 0.1) is 11.7 Å². The van der Waals surface area contributed by atoms with Crippen molar-refractivity contribution >= 4 is 21.7 Å². The average Bonchev–Trinajstić information content (AvgIpc) is 2.16. The predicted octanol–water partition coefficient (Wildman–Crippen LogP) is 2.96. The van der Waals surface area contributed by atoms with Crippen molar-refractivity contribution < 1.29 is 9.18 Å². The number of fused-ring (bicyclic) bond motifs is 1. The Balaban J connectivity index is 2.51. The van der Waals surface area contributed by atoms with E-state index in [1.165, 1.54) is 12.1 Å². The molecule has 1 aliphatic carbocycles. The molecule has 2 rings (SSSR count). The van der Waals surface area contributed by atoms with E-state index in [1.54, 1.807) is 6.07 Å². The van der Waals surface area contributed by atoms with E-state index in [4.69, 9.17) is 0 Å². The molecule has 0 aliphatic heterocycles. The number of carbonyl (C=O) groups excluding carboxylic acids is 1. The monoisotopic (exact) mass is 256 g/mol. The molecule has 0 bridgehead atoms. The fraction of sp³-hybridized carbons (Fsp3) is 0.364. The van der Waals surface area contributed by atoms with Gasteiger partial charge in [0.2, 0.25) is 0 Å². The summed E-state index contributed by atoms with van der Waals surface area (Å²) in [5.74, 6) is -0.0648. The number of alkyl halides is 1. The Hall–Kier alpha value is -0.700. The SMILES string of the molecule is CC1Cc2ccc(F)cc2C(=O)C1Br. The van der Waals surface area contributed by atoms with E-state index >= 15 is 0 Å². The highest BCUT2D eigenvalue weighted by atomic mass is 79.9. The van der Waals surface area contributed by atoms with Crippen molar-refractivity contribution in [1.29, 1.82) is 0 Å². The van der Waals surface area contributed by atoms with E-state index in [-0.39, 0.29) is 22.3 Å². The molecular weight excluding hydrogens is 247 g/mol. The first-order chi connectivity index (χ1) is 6.59. The second kappa shape index (κ2) is 3.46. The topological polar surface area (TPSA) is 17.1 Å². The summed E-state index contributed by atoms with van der Waals surface area (Å²) in [6.07, 6.45) is 0.831.